The first-order valence-electron chi connectivity index (χ1n) is 5.23. The van der Waals surface area contributed by atoms with E-state index in [1.807, 2.05) is 12.1 Å². The third kappa shape index (κ3) is 1.36. The summed E-state index contributed by atoms with van der Waals surface area (Å²) in [6, 6.07) is 11.9. The molecule has 3 rings (SSSR count). The van der Waals surface area contributed by atoms with Crippen molar-refractivity contribution in [1.29, 1.82) is 0 Å². The third-order valence-corrected chi connectivity index (χ3v) is 2.94. The van der Waals surface area contributed by atoms with Crippen molar-refractivity contribution < 1.29 is 15.3 Å². The standard InChI is InChI=1S/C14H10O3/c15-10-5-3-8-1-2-9-4-6-12(16)14(17)13(9)11(8)7-10/h1-7,15-17H. The first-order valence-corrected chi connectivity index (χ1v) is 5.23. The van der Waals surface area contributed by atoms with Crippen LogP contribution in [0.15, 0.2) is 42.5 Å². The SMILES string of the molecule is Oc1ccc2ccc3ccc(O)c(O)c3c2c1. The van der Waals surface area contributed by atoms with Gasteiger partial charge in [0.05, 0.1) is 0 Å². The molecule has 0 radical (unpaired) electrons. The number of aromatic hydroxyl groups is 3. The van der Waals surface area contributed by atoms with E-state index in [0.717, 1.165) is 16.2 Å². The molecule has 0 atom stereocenters. The third-order valence-electron chi connectivity index (χ3n) is 2.94. The highest BCUT2D eigenvalue weighted by Crippen LogP contribution is 2.38. The summed E-state index contributed by atoms with van der Waals surface area (Å²) in [7, 11) is 0. The van der Waals surface area contributed by atoms with Crippen molar-refractivity contribution in [3.8, 4) is 17.2 Å². The van der Waals surface area contributed by atoms with E-state index in [0.29, 0.717) is 5.39 Å². The number of hydrogen-bond donors (Lipinski definition) is 3. The van der Waals surface area contributed by atoms with Gasteiger partial charge in [0.15, 0.2) is 11.5 Å². The molecule has 0 aliphatic carbocycles. The smallest absolute Gasteiger partial charge is 0.166 e. The Morgan fingerprint density at radius 2 is 1.35 bits per heavy atom. The average molecular weight is 226 g/mol. The zero-order valence-corrected chi connectivity index (χ0v) is 8.88. The fraction of sp³-hybridized carbons (Fsp3) is 0. The van der Waals surface area contributed by atoms with Crippen molar-refractivity contribution in [3.05, 3.63) is 42.5 Å². The summed E-state index contributed by atoms with van der Waals surface area (Å²) in [4.78, 5) is 0. The van der Waals surface area contributed by atoms with Crippen LogP contribution in [-0.4, -0.2) is 15.3 Å². The van der Waals surface area contributed by atoms with Crippen molar-refractivity contribution in [3.63, 3.8) is 0 Å². The molecule has 0 aliphatic heterocycles. The van der Waals surface area contributed by atoms with Crippen molar-refractivity contribution in [2.45, 2.75) is 0 Å². The van der Waals surface area contributed by atoms with Crippen molar-refractivity contribution in [2.24, 2.45) is 0 Å². The second-order valence-corrected chi connectivity index (χ2v) is 4.00. The molecule has 3 N–H and O–H groups in total. The van der Waals surface area contributed by atoms with Crippen molar-refractivity contribution in [1.82, 2.24) is 0 Å². The molecule has 0 spiro atoms. The Morgan fingerprint density at radius 1 is 0.706 bits per heavy atom. The summed E-state index contributed by atoms with van der Waals surface area (Å²) >= 11 is 0. The van der Waals surface area contributed by atoms with E-state index >= 15 is 0 Å². The minimum atomic E-state index is -0.159. The number of benzene rings is 3. The normalized spacial score (nSPS) is 11.1. The molecule has 3 aromatic carbocycles. The van der Waals surface area contributed by atoms with Gasteiger partial charge >= 0.3 is 0 Å². The fourth-order valence-electron chi connectivity index (χ4n) is 2.10. The highest BCUT2D eigenvalue weighted by Gasteiger charge is 2.09. The van der Waals surface area contributed by atoms with Gasteiger partial charge in [0.25, 0.3) is 0 Å². The van der Waals surface area contributed by atoms with Crippen LogP contribution in [0.1, 0.15) is 0 Å². The maximum absolute atomic E-state index is 9.92. The number of phenols is 3. The van der Waals surface area contributed by atoms with E-state index in [1.54, 1.807) is 24.3 Å². The van der Waals surface area contributed by atoms with Gasteiger partial charge in [0.2, 0.25) is 0 Å². The van der Waals surface area contributed by atoms with Crippen LogP contribution in [0.3, 0.4) is 0 Å². The van der Waals surface area contributed by atoms with Gasteiger partial charge in [-0.15, -0.1) is 0 Å². The van der Waals surface area contributed by atoms with Gasteiger partial charge in [-0.2, -0.15) is 0 Å². The van der Waals surface area contributed by atoms with Crippen molar-refractivity contribution in [2.75, 3.05) is 0 Å². The maximum Gasteiger partial charge on any atom is 0.166 e. The Balaban J connectivity index is 2.61. The lowest BCUT2D eigenvalue weighted by atomic mass is 10.0. The molecule has 0 unspecified atom stereocenters. The lowest BCUT2D eigenvalue weighted by Gasteiger charge is -2.07. The molecular weight excluding hydrogens is 216 g/mol. The van der Waals surface area contributed by atoms with Crippen LogP contribution in [0.4, 0.5) is 0 Å². The number of hydrogen-bond acceptors (Lipinski definition) is 3. The Labute approximate surface area is 97.2 Å². The first kappa shape index (κ1) is 9.78. The van der Waals surface area contributed by atoms with E-state index in [1.165, 1.54) is 6.07 Å². The van der Waals surface area contributed by atoms with E-state index in [2.05, 4.69) is 0 Å². The lowest BCUT2D eigenvalue weighted by Crippen LogP contribution is -1.79. The minimum absolute atomic E-state index is 0.132. The summed E-state index contributed by atoms with van der Waals surface area (Å²) in [6.07, 6.45) is 0. The van der Waals surface area contributed by atoms with Crippen LogP contribution in [-0.2, 0) is 0 Å². The first-order chi connectivity index (χ1) is 8.16. The molecule has 0 amide bonds. The summed E-state index contributed by atoms with van der Waals surface area (Å²) in [5.74, 6) is -0.181. The molecule has 0 aliphatic rings. The summed E-state index contributed by atoms with van der Waals surface area (Å²) in [6.45, 7) is 0. The van der Waals surface area contributed by atoms with Crippen LogP contribution in [0.2, 0.25) is 0 Å². The minimum Gasteiger partial charge on any atom is -0.508 e. The monoisotopic (exact) mass is 226 g/mol. The van der Waals surface area contributed by atoms with E-state index < -0.39 is 0 Å². The number of rotatable bonds is 0. The van der Waals surface area contributed by atoms with Crippen LogP contribution >= 0.6 is 0 Å². The van der Waals surface area contributed by atoms with Gasteiger partial charge in [-0.05, 0) is 34.4 Å². The number of fused-ring (bicyclic) bond motifs is 3. The van der Waals surface area contributed by atoms with Crippen LogP contribution in [0.25, 0.3) is 21.5 Å². The van der Waals surface area contributed by atoms with Crippen LogP contribution < -0.4 is 0 Å². The number of phenolic OH excluding ortho intramolecular Hbond substituents is 3. The molecule has 0 bridgehead atoms. The topological polar surface area (TPSA) is 60.7 Å². The predicted molar refractivity (Wildman–Crippen MR) is 66.4 cm³/mol. The molecule has 3 heteroatoms. The Morgan fingerprint density at radius 3 is 2.18 bits per heavy atom. The summed E-state index contributed by atoms with van der Waals surface area (Å²) < 4.78 is 0. The molecule has 0 saturated heterocycles. The Kier molecular flexibility index (Phi) is 1.89. The molecule has 0 fully saturated rings. The molecule has 84 valence electrons. The van der Waals surface area contributed by atoms with Gasteiger partial charge in [-0.3, -0.25) is 0 Å². The second kappa shape index (κ2) is 3.28. The van der Waals surface area contributed by atoms with E-state index in [-0.39, 0.29) is 17.2 Å². The Hall–Kier alpha value is -2.42. The molecule has 3 aromatic rings. The second-order valence-electron chi connectivity index (χ2n) is 4.00. The molecule has 3 nitrogen and oxygen atoms in total. The average Bonchev–Trinajstić information content (AvgIpc) is 2.33. The van der Waals surface area contributed by atoms with Gasteiger partial charge in [-0.1, -0.05) is 24.3 Å². The van der Waals surface area contributed by atoms with Gasteiger partial charge in [0, 0.05) is 5.39 Å². The predicted octanol–water partition coefficient (Wildman–Crippen LogP) is 3.11. The van der Waals surface area contributed by atoms with Gasteiger partial charge < -0.3 is 15.3 Å². The molecular formula is C14H10O3. The zero-order valence-electron chi connectivity index (χ0n) is 8.88. The molecule has 0 saturated carbocycles. The van der Waals surface area contributed by atoms with Crippen LogP contribution in [0.5, 0.6) is 17.2 Å². The van der Waals surface area contributed by atoms with E-state index in [4.69, 9.17) is 0 Å². The lowest BCUT2D eigenvalue weighted by molar-refractivity contribution is 0.408. The summed E-state index contributed by atoms with van der Waals surface area (Å²) in [5.41, 5.74) is 0. The zero-order chi connectivity index (χ0) is 12.0. The van der Waals surface area contributed by atoms with Gasteiger partial charge in [-0.25, -0.2) is 0 Å². The quantitative estimate of drug-likeness (QED) is 0.407. The molecule has 0 aromatic heterocycles. The van der Waals surface area contributed by atoms with Gasteiger partial charge in [0.1, 0.15) is 5.75 Å². The van der Waals surface area contributed by atoms with Crippen LogP contribution in [0, 0.1) is 0 Å². The van der Waals surface area contributed by atoms with E-state index in [9.17, 15) is 15.3 Å². The summed E-state index contributed by atoms with van der Waals surface area (Å²) in [5, 5.41) is 31.9. The Bertz CT molecular complexity index is 732. The highest BCUT2D eigenvalue weighted by atomic mass is 16.3. The highest BCUT2D eigenvalue weighted by molar-refractivity contribution is 6.11. The van der Waals surface area contributed by atoms with Crippen molar-refractivity contribution >= 4 is 21.5 Å². The molecule has 0 heterocycles. The molecule has 17 heavy (non-hydrogen) atoms. The largest absolute Gasteiger partial charge is 0.508 e. The maximum atomic E-state index is 9.92. The fourth-order valence-corrected chi connectivity index (χ4v) is 2.10.